The lowest BCUT2D eigenvalue weighted by molar-refractivity contribution is 0.0943. The van der Waals surface area contributed by atoms with Crippen LogP contribution < -0.4 is 15.4 Å². The molecule has 0 saturated carbocycles. The molecule has 0 aliphatic heterocycles. The van der Waals surface area contributed by atoms with Gasteiger partial charge in [-0.1, -0.05) is 12.1 Å². The Morgan fingerprint density at radius 2 is 2.08 bits per heavy atom. The van der Waals surface area contributed by atoms with E-state index in [1.807, 2.05) is 31.2 Å². The summed E-state index contributed by atoms with van der Waals surface area (Å²) in [5, 5.41) is 5.90. The summed E-state index contributed by atoms with van der Waals surface area (Å²) in [6.07, 6.45) is 2.90. The van der Waals surface area contributed by atoms with Gasteiger partial charge in [0.2, 0.25) is 0 Å². The summed E-state index contributed by atoms with van der Waals surface area (Å²) in [5.41, 5.74) is 1.03. The molecule has 2 N–H and O–H groups in total. The Labute approximate surface area is 145 Å². The minimum atomic E-state index is -0.306. The summed E-state index contributed by atoms with van der Waals surface area (Å²) >= 11 is 0. The lowest BCUT2D eigenvalue weighted by Crippen LogP contribution is -2.23. The van der Waals surface area contributed by atoms with Crippen molar-refractivity contribution in [2.24, 2.45) is 0 Å². The number of aromatic nitrogens is 2. The summed E-state index contributed by atoms with van der Waals surface area (Å²) < 4.78 is 10.8. The van der Waals surface area contributed by atoms with Gasteiger partial charge in [0, 0.05) is 6.07 Å². The predicted octanol–water partition coefficient (Wildman–Crippen LogP) is 3.14. The molecule has 1 amide bonds. The number of ether oxygens (including phenoxy) is 1. The van der Waals surface area contributed by atoms with Crippen LogP contribution in [0.3, 0.4) is 0 Å². The maximum absolute atomic E-state index is 12.2. The highest BCUT2D eigenvalue weighted by Crippen LogP contribution is 2.26. The molecule has 0 bridgehead atoms. The van der Waals surface area contributed by atoms with Gasteiger partial charge in [-0.05, 0) is 31.2 Å². The zero-order chi connectivity index (χ0) is 17.5. The molecule has 0 spiro atoms. The number of para-hydroxylation sites is 2. The number of hydrogen-bond acceptors (Lipinski definition) is 6. The molecule has 1 aromatic carbocycles. The lowest BCUT2D eigenvalue weighted by atomic mass is 10.3. The van der Waals surface area contributed by atoms with E-state index in [4.69, 9.17) is 9.15 Å². The number of anilines is 2. The van der Waals surface area contributed by atoms with Crippen molar-refractivity contribution in [3.05, 3.63) is 66.5 Å². The molecule has 3 aromatic rings. The first-order valence-corrected chi connectivity index (χ1v) is 7.87. The molecule has 0 aliphatic carbocycles. The van der Waals surface area contributed by atoms with Gasteiger partial charge in [0.15, 0.2) is 0 Å². The molecule has 0 radical (unpaired) electrons. The first kappa shape index (κ1) is 16.5. The van der Waals surface area contributed by atoms with Gasteiger partial charge in [-0.3, -0.25) is 4.79 Å². The Bertz CT molecular complexity index is 834. The van der Waals surface area contributed by atoms with Crippen LogP contribution in [0.5, 0.6) is 5.75 Å². The van der Waals surface area contributed by atoms with E-state index in [9.17, 15) is 4.79 Å². The maximum atomic E-state index is 12.2. The summed E-state index contributed by atoms with van der Waals surface area (Å²) in [6.45, 7) is 2.78. The average molecular weight is 338 g/mol. The van der Waals surface area contributed by atoms with E-state index in [2.05, 4.69) is 20.6 Å². The Morgan fingerprint density at radius 1 is 1.20 bits per heavy atom. The van der Waals surface area contributed by atoms with Crippen molar-refractivity contribution < 1.29 is 13.9 Å². The molecule has 25 heavy (non-hydrogen) atoms. The van der Waals surface area contributed by atoms with Gasteiger partial charge in [-0.15, -0.1) is 0 Å². The van der Waals surface area contributed by atoms with E-state index in [1.54, 1.807) is 24.5 Å². The minimum absolute atomic E-state index is 0.262. The number of amides is 1. The van der Waals surface area contributed by atoms with Crippen LogP contribution in [0.2, 0.25) is 0 Å². The van der Waals surface area contributed by atoms with Crippen LogP contribution in [0, 0.1) is 0 Å². The third-order valence-corrected chi connectivity index (χ3v) is 3.35. The molecule has 7 heteroatoms. The molecule has 3 rings (SSSR count). The molecule has 128 valence electrons. The molecular weight excluding hydrogens is 320 g/mol. The number of carbonyl (C=O) groups is 1. The maximum Gasteiger partial charge on any atom is 0.270 e. The molecule has 7 nitrogen and oxygen atoms in total. The molecule has 0 unspecified atom stereocenters. The Hall–Kier alpha value is -3.35. The van der Waals surface area contributed by atoms with E-state index in [1.165, 1.54) is 6.33 Å². The van der Waals surface area contributed by atoms with E-state index in [-0.39, 0.29) is 11.6 Å². The second kappa shape index (κ2) is 7.96. The van der Waals surface area contributed by atoms with Gasteiger partial charge in [-0.25, -0.2) is 9.97 Å². The zero-order valence-electron chi connectivity index (χ0n) is 13.7. The quantitative estimate of drug-likeness (QED) is 0.688. The smallest absolute Gasteiger partial charge is 0.270 e. The predicted molar refractivity (Wildman–Crippen MR) is 92.8 cm³/mol. The fourth-order valence-corrected chi connectivity index (χ4v) is 2.21. The summed E-state index contributed by atoms with van der Waals surface area (Å²) in [4.78, 5) is 20.4. The van der Waals surface area contributed by atoms with Gasteiger partial charge in [0.1, 0.15) is 29.3 Å². The summed E-state index contributed by atoms with van der Waals surface area (Å²) in [6, 6.07) is 12.7. The number of nitrogens with zero attached hydrogens (tertiary/aromatic N) is 2. The van der Waals surface area contributed by atoms with Crippen LogP contribution in [0.1, 0.15) is 23.2 Å². The molecule has 0 atom stereocenters. The average Bonchev–Trinajstić information content (AvgIpc) is 3.15. The van der Waals surface area contributed by atoms with Gasteiger partial charge in [-0.2, -0.15) is 0 Å². The first-order chi connectivity index (χ1) is 12.3. The SMILES string of the molecule is CCOc1ccccc1Nc1cc(C(=O)NCc2ccco2)ncn1. The van der Waals surface area contributed by atoms with E-state index in [0.29, 0.717) is 30.5 Å². The zero-order valence-corrected chi connectivity index (χ0v) is 13.7. The monoisotopic (exact) mass is 338 g/mol. The van der Waals surface area contributed by atoms with Crippen molar-refractivity contribution in [1.82, 2.24) is 15.3 Å². The lowest BCUT2D eigenvalue weighted by Gasteiger charge is -2.12. The van der Waals surface area contributed by atoms with Gasteiger partial charge in [0.05, 0.1) is 25.1 Å². The Balaban J connectivity index is 1.70. The van der Waals surface area contributed by atoms with Crippen molar-refractivity contribution >= 4 is 17.4 Å². The second-order valence-electron chi connectivity index (χ2n) is 5.10. The van der Waals surface area contributed by atoms with Crippen molar-refractivity contribution in [3.63, 3.8) is 0 Å². The van der Waals surface area contributed by atoms with Crippen LogP contribution in [-0.2, 0) is 6.54 Å². The number of nitrogens with one attached hydrogen (secondary N) is 2. The van der Waals surface area contributed by atoms with Gasteiger partial charge >= 0.3 is 0 Å². The van der Waals surface area contributed by atoms with Crippen LogP contribution in [0.4, 0.5) is 11.5 Å². The third kappa shape index (κ3) is 4.35. The van der Waals surface area contributed by atoms with Crippen molar-refractivity contribution in [2.45, 2.75) is 13.5 Å². The van der Waals surface area contributed by atoms with Crippen LogP contribution in [-0.4, -0.2) is 22.5 Å². The summed E-state index contributed by atoms with van der Waals surface area (Å²) in [7, 11) is 0. The topological polar surface area (TPSA) is 89.3 Å². The Kier molecular flexibility index (Phi) is 5.26. The van der Waals surface area contributed by atoms with Crippen molar-refractivity contribution in [1.29, 1.82) is 0 Å². The van der Waals surface area contributed by atoms with Crippen LogP contribution in [0.15, 0.2) is 59.5 Å². The largest absolute Gasteiger partial charge is 0.492 e. The van der Waals surface area contributed by atoms with Gasteiger partial charge in [0.25, 0.3) is 5.91 Å². The van der Waals surface area contributed by atoms with E-state index >= 15 is 0 Å². The fraction of sp³-hybridized carbons (Fsp3) is 0.167. The molecule has 0 fully saturated rings. The highest BCUT2D eigenvalue weighted by Gasteiger charge is 2.10. The van der Waals surface area contributed by atoms with Gasteiger partial charge < -0.3 is 19.8 Å². The van der Waals surface area contributed by atoms with Crippen molar-refractivity contribution in [2.75, 3.05) is 11.9 Å². The second-order valence-corrected chi connectivity index (χ2v) is 5.10. The molecular formula is C18H18N4O3. The minimum Gasteiger partial charge on any atom is -0.492 e. The number of carbonyl (C=O) groups excluding carboxylic acids is 1. The van der Waals surface area contributed by atoms with E-state index in [0.717, 1.165) is 5.69 Å². The van der Waals surface area contributed by atoms with Crippen LogP contribution in [0.25, 0.3) is 0 Å². The summed E-state index contributed by atoms with van der Waals surface area (Å²) in [5.74, 6) is 1.59. The Morgan fingerprint density at radius 3 is 2.88 bits per heavy atom. The third-order valence-electron chi connectivity index (χ3n) is 3.35. The molecule has 2 aromatic heterocycles. The number of benzene rings is 1. The molecule has 0 saturated heterocycles. The van der Waals surface area contributed by atoms with Crippen LogP contribution >= 0.6 is 0 Å². The fourth-order valence-electron chi connectivity index (χ4n) is 2.21. The molecule has 0 aliphatic rings. The first-order valence-electron chi connectivity index (χ1n) is 7.87. The number of furan rings is 1. The van der Waals surface area contributed by atoms with E-state index < -0.39 is 0 Å². The molecule has 2 heterocycles. The highest BCUT2D eigenvalue weighted by molar-refractivity contribution is 5.92. The normalized spacial score (nSPS) is 10.3. The number of rotatable bonds is 7. The number of hydrogen-bond donors (Lipinski definition) is 2. The van der Waals surface area contributed by atoms with Crippen molar-refractivity contribution in [3.8, 4) is 5.75 Å². The standard InChI is InChI=1S/C18H18N4O3/c1-2-24-16-8-4-3-7-14(16)22-17-10-15(20-12-21-17)18(23)19-11-13-6-5-9-25-13/h3-10,12H,2,11H2,1H3,(H,19,23)(H,20,21,22). The highest BCUT2D eigenvalue weighted by atomic mass is 16.5.